The molecular weight excluding hydrogens is 274 g/mol. The lowest BCUT2D eigenvalue weighted by molar-refractivity contribution is -0.123. The molecule has 4 N–H and O–H groups in total. The zero-order valence-corrected chi connectivity index (χ0v) is 11.0. The Morgan fingerprint density at radius 2 is 2.32 bits per heavy atom. The molecule has 0 unspecified atom stereocenters. The summed E-state index contributed by atoms with van der Waals surface area (Å²) in [5.41, 5.74) is 2.47. The molecule has 1 aromatic rings. The SMILES string of the molecule is CCOc1cc(C=NO)cc(Cl)c1OCC(=O)NN. The first-order chi connectivity index (χ1) is 9.12. The summed E-state index contributed by atoms with van der Waals surface area (Å²) in [4.78, 5) is 11.0. The second-order valence-electron chi connectivity index (χ2n) is 3.36. The monoisotopic (exact) mass is 287 g/mol. The minimum atomic E-state index is -0.500. The smallest absolute Gasteiger partial charge is 0.271 e. The van der Waals surface area contributed by atoms with E-state index in [1.54, 1.807) is 13.0 Å². The van der Waals surface area contributed by atoms with Crippen LogP contribution in [-0.2, 0) is 4.79 Å². The van der Waals surface area contributed by atoms with Crippen LogP contribution in [0.2, 0.25) is 5.02 Å². The van der Waals surface area contributed by atoms with E-state index in [0.717, 1.165) is 0 Å². The van der Waals surface area contributed by atoms with Crippen LogP contribution in [0.4, 0.5) is 0 Å². The van der Waals surface area contributed by atoms with E-state index >= 15 is 0 Å². The molecule has 0 aliphatic carbocycles. The molecule has 0 aromatic heterocycles. The number of hydrazine groups is 1. The van der Waals surface area contributed by atoms with E-state index in [0.29, 0.717) is 17.9 Å². The van der Waals surface area contributed by atoms with Crippen molar-refractivity contribution in [3.63, 3.8) is 0 Å². The first-order valence-corrected chi connectivity index (χ1v) is 5.76. The second-order valence-corrected chi connectivity index (χ2v) is 3.77. The summed E-state index contributed by atoms with van der Waals surface area (Å²) in [5.74, 6) is 5.01. The lowest BCUT2D eigenvalue weighted by Crippen LogP contribution is -2.34. The Bertz CT molecular complexity index is 479. The van der Waals surface area contributed by atoms with Crippen molar-refractivity contribution in [3.8, 4) is 11.5 Å². The van der Waals surface area contributed by atoms with E-state index in [9.17, 15) is 4.79 Å². The van der Waals surface area contributed by atoms with E-state index in [4.69, 9.17) is 32.1 Å². The maximum absolute atomic E-state index is 11.0. The number of carbonyl (C=O) groups is 1. The number of oxime groups is 1. The molecule has 0 aliphatic rings. The third-order valence-electron chi connectivity index (χ3n) is 2.05. The molecule has 0 saturated heterocycles. The van der Waals surface area contributed by atoms with Crippen LogP contribution >= 0.6 is 11.6 Å². The van der Waals surface area contributed by atoms with E-state index in [2.05, 4.69) is 5.16 Å². The van der Waals surface area contributed by atoms with E-state index < -0.39 is 5.91 Å². The molecular formula is C11H14ClN3O4. The first-order valence-electron chi connectivity index (χ1n) is 5.38. The number of rotatable bonds is 6. The van der Waals surface area contributed by atoms with Crippen molar-refractivity contribution >= 4 is 23.7 Å². The largest absolute Gasteiger partial charge is 0.490 e. The van der Waals surface area contributed by atoms with Crippen molar-refractivity contribution in [2.75, 3.05) is 13.2 Å². The number of nitrogens with one attached hydrogen (secondary N) is 1. The summed E-state index contributed by atoms with van der Waals surface area (Å²) in [6.07, 6.45) is 1.20. The topological polar surface area (TPSA) is 106 Å². The summed E-state index contributed by atoms with van der Waals surface area (Å²) in [7, 11) is 0. The Kier molecular flexibility index (Phi) is 5.91. The molecule has 0 aliphatic heterocycles. The Hall–Kier alpha value is -1.99. The maximum Gasteiger partial charge on any atom is 0.271 e. The fourth-order valence-corrected chi connectivity index (χ4v) is 1.59. The molecule has 0 fully saturated rings. The minimum absolute atomic E-state index is 0.224. The van der Waals surface area contributed by atoms with Crippen molar-refractivity contribution in [1.82, 2.24) is 5.43 Å². The van der Waals surface area contributed by atoms with E-state index in [-0.39, 0.29) is 17.4 Å². The Balaban J connectivity index is 3.03. The lowest BCUT2D eigenvalue weighted by atomic mass is 10.2. The molecule has 7 nitrogen and oxygen atoms in total. The van der Waals surface area contributed by atoms with Gasteiger partial charge >= 0.3 is 0 Å². The highest BCUT2D eigenvalue weighted by Crippen LogP contribution is 2.36. The van der Waals surface area contributed by atoms with Gasteiger partial charge in [-0.3, -0.25) is 10.2 Å². The van der Waals surface area contributed by atoms with Crippen molar-refractivity contribution in [2.24, 2.45) is 11.0 Å². The number of amides is 1. The molecule has 0 saturated carbocycles. The molecule has 0 bridgehead atoms. The molecule has 0 radical (unpaired) electrons. The summed E-state index contributed by atoms with van der Waals surface area (Å²) in [6, 6.07) is 3.09. The normalized spacial score (nSPS) is 10.5. The quantitative estimate of drug-likeness (QED) is 0.237. The van der Waals surface area contributed by atoms with Gasteiger partial charge in [-0.15, -0.1) is 0 Å². The number of hydrogen-bond donors (Lipinski definition) is 3. The van der Waals surface area contributed by atoms with Gasteiger partial charge in [-0.1, -0.05) is 16.8 Å². The number of ether oxygens (including phenoxy) is 2. The average Bonchev–Trinajstić information content (AvgIpc) is 2.38. The molecule has 19 heavy (non-hydrogen) atoms. The summed E-state index contributed by atoms with van der Waals surface area (Å²) < 4.78 is 10.6. The number of benzene rings is 1. The van der Waals surface area contributed by atoms with Crippen LogP contribution in [0.5, 0.6) is 11.5 Å². The highest BCUT2D eigenvalue weighted by atomic mass is 35.5. The van der Waals surface area contributed by atoms with Crippen molar-refractivity contribution < 1.29 is 19.5 Å². The van der Waals surface area contributed by atoms with E-state index in [1.165, 1.54) is 12.3 Å². The van der Waals surface area contributed by atoms with Crippen LogP contribution in [-0.4, -0.2) is 30.5 Å². The number of hydrogen-bond acceptors (Lipinski definition) is 6. The van der Waals surface area contributed by atoms with Gasteiger partial charge < -0.3 is 14.7 Å². The molecule has 104 valence electrons. The van der Waals surface area contributed by atoms with Gasteiger partial charge in [0.05, 0.1) is 17.8 Å². The van der Waals surface area contributed by atoms with Crippen molar-refractivity contribution in [2.45, 2.75) is 6.92 Å². The van der Waals surface area contributed by atoms with Gasteiger partial charge in [-0.2, -0.15) is 0 Å². The fraction of sp³-hybridized carbons (Fsp3) is 0.273. The Morgan fingerprint density at radius 1 is 1.58 bits per heavy atom. The highest BCUT2D eigenvalue weighted by molar-refractivity contribution is 6.32. The number of carbonyl (C=O) groups excluding carboxylic acids is 1. The van der Waals surface area contributed by atoms with Gasteiger partial charge in [-0.25, -0.2) is 5.84 Å². The lowest BCUT2D eigenvalue weighted by Gasteiger charge is -2.13. The number of nitrogens with two attached hydrogens (primary N) is 1. The van der Waals surface area contributed by atoms with Crippen LogP contribution in [0.15, 0.2) is 17.3 Å². The Morgan fingerprint density at radius 3 is 2.89 bits per heavy atom. The number of halogens is 1. The van der Waals surface area contributed by atoms with Gasteiger partial charge in [0.15, 0.2) is 18.1 Å². The van der Waals surface area contributed by atoms with E-state index in [1.807, 2.05) is 5.43 Å². The Labute approximate surface area is 114 Å². The standard InChI is InChI=1S/C11H14ClN3O4/c1-2-18-9-4-7(5-14-17)3-8(12)11(9)19-6-10(16)15-13/h3-5,17H,2,6,13H2,1H3,(H,15,16). The average molecular weight is 288 g/mol. The van der Waals surface area contributed by atoms with Gasteiger partial charge in [0.25, 0.3) is 5.91 Å². The molecule has 1 aromatic carbocycles. The van der Waals surface area contributed by atoms with Crippen LogP contribution in [0.3, 0.4) is 0 Å². The predicted octanol–water partition coefficient (Wildman–Crippen LogP) is 0.915. The number of nitrogens with zero attached hydrogens (tertiary/aromatic N) is 1. The van der Waals surface area contributed by atoms with Gasteiger partial charge in [0.2, 0.25) is 0 Å². The third-order valence-corrected chi connectivity index (χ3v) is 2.33. The zero-order chi connectivity index (χ0) is 14.3. The van der Waals surface area contributed by atoms with Crippen molar-refractivity contribution in [3.05, 3.63) is 22.7 Å². The van der Waals surface area contributed by atoms with Gasteiger partial charge in [-0.05, 0) is 19.1 Å². The summed E-state index contributed by atoms with van der Waals surface area (Å²) >= 11 is 6.02. The molecule has 0 spiro atoms. The van der Waals surface area contributed by atoms with Gasteiger partial charge in [0, 0.05) is 5.56 Å². The molecule has 1 amide bonds. The van der Waals surface area contributed by atoms with Crippen LogP contribution in [0.1, 0.15) is 12.5 Å². The van der Waals surface area contributed by atoms with Gasteiger partial charge in [0.1, 0.15) is 0 Å². The van der Waals surface area contributed by atoms with Crippen molar-refractivity contribution in [1.29, 1.82) is 0 Å². The summed E-state index contributed by atoms with van der Waals surface area (Å²) in [6.45, 7) is 1.89. The third kappa shape index (κ3) is 4.31. The first kappa shape index (κ1) is 15.1. The van der Waals surface area contributed by atoms with Crippen LogP contribution < -0.4 is 20.7 Å². The molecule has 0 atom stereocenters. The molecule has 8 heteroatoms. The van der Waals surface area contributed by atoms with Crippen LogP contribution in [0, 0.1) is 0 Å². The molecule has 0 heterocycles. The van der Waals surface area contributed by atoms with Crippen LogP contribution in [0.25, 0.3) is 0 Å². The zero-order valence-electron chi connectivity index (χ0n) is 10.2. The highest BCUT2D eigenvalue weighted by Gasteiger charge is 2.13. The maximum atomic E-state index is 11.0. The fourth-order valence-electron chi connectivity index (χ4n) is 1.31. The second kappa shape index (κ2) is 7.45. The summed E-state index contributed by atoms with van der Waals surface area (Å²) in [5, 5.41) is 11.6. The minimum Gasteiger partial charge on any atom is -0.490 e. The predicted molar refractivity (Wildman–Crippen MR) is 69.8 cm³/mol. The molecule has 1 rings (SSSR count).